The second-order valence-electron chi connectivity index (χ2n) is 17.1. The molecular formula is C53H96O6. The van der Waals surface area contributed by atoms with Gasteiger partial charge in [0.05, 0.1) is 0 Å². The molecule has 59 heavy (non-hydrogen) atoms. The molecule has 6 nitrogen and oxygen atoms in total. The van der Waals surface area contributed by atoms with E-state index >= 15 is 0 Å². The van der Waals surface area contributed by atoms with Gasteiger partial charge in [0.25, 0.3) is 0 Å². The Morgan fingerprint density at radius 2 is 0.610 bits per heavy atom. The molecule has 0 aliphatic carbocycles. The largest absolute Gasteiger partial charge is 0.462 e. The van der Waals surface area contributed by atoms with E-state index in [4.69, 9.17) is 14.2 Å². The molecule has 0 saturated heterocycles. The third kappa shape index (κ3) is 46.5. The fraction of sp³-hybridized carbons (Fsp3) is 0.830. The summed E-state index contributed by atoms with van der Waals surface area (Å²) in [7, 11) is 0. The van der Waals surface area contributed by atoms with Crippen LogP contribution in [0.5, 0.6) is 0 Å². The lowest BCUT2D eigenvalue weighted by Crippen LogP contribution is -2.30. The average Bonchev–Trinajstić information content (AvgIpc) is 3.23. The summed E-state index contributed by atoms with van der Waals surface area (Å²) in [6.45, 7) is 6.59. The summed E-state index contributed by atoms with van der Waals surface area (Å²) < 4.78 is 16.8. The van der Waals surface area contributed by atoms with Gasteiger partial charge in [-0.1, -0.05) is 205 Å². The molecule has 0 spiro atoms. The van der Waals surface area contributed by atoms with Gasteiger partial charge in [-0.05, 0) is 77.0 Å². The van der Waals surface area contributed by atoms with E-state index in [9.17, 15) is 14.4 Å². The molecule has 0 rings (SSSR count). The molecule has 0 bridgehead atoms. The number of carbonyl (C=O) groups is 3. The van der Waals surface area contributed by atoms with Crippen LogP contribution in [0.3, 0.4) is 0 Å². The standard InChI is InChI=1S/C53H96O6/c1-4-7-10-13-16-19-22-24-26-28-31-33-36-39-42-45-51(54)57-48-50(59-53(56)47-44-41-38-35-30-21-18-15-12-9-6-3)49-58-52(55)46-43-40-37-34-32-29-27-25-23-20-17-14-11-8-5-2/h16,19-20,23-24,26,50H,4-15,17-18,21-22,25,27-49H2,1-3H3/b19-16-,23-20-,26-24-/t50-/m1/s1. The number of hydrogen-bond donors (Lipinski definition) is 0. The molecular weight excluding hydrogens is 733 g/mol. The van der Waals surface area contributed by atoms with E-state index in [1.54, 1.807) is 0 Å². The van der Waals surface area contributed by atoms with Crippen molar-refractivity contribution < 1.29 is 28.6 Å². The van der Waals surface area contributed by atoms with Crippen molar-refractivity contribution in [2.75, 3.05) is 13.2 Å². The van der Waals surface area contributed by atoms with Crippen LogP contribution in [0.15, 0.2) is 36.5 Å². The molecule has 0 saturated carbocycles. The van der Waals surface area contributed by atoms with E-state index in [0.717, 1.165) is 77.0 Å². The summed E-state index contributed by atoms with van der Waals surface area (Å²) in [6.07, 6.45) is 55.5. The minimum absolute atomic E-state index is 0.0764. The van der Waals surface area contributed by atoms with Crippen molar-refractivity contribution in [3.05, 3.63) is 36.5 Å². The van der Waals surface area contributed by atoms with Gasteiger partial charge in [-0.25, -0.2) is 0 Å². The first kappa shape index (κ1) is 56.6. The lowest BCUT2D eigenvalue weighted by molar-refractivity contribution is -0.167. The summed E-state index contributed by atoms with van der Waals surface area (Å²) in [5.74, 6) is -0.887. The number of rotatable bonds is 46. The molecule has 0 unspecified atom stereocenters. The summed E-state index contributed by atoms with van der Waals surface area (Å²) in [4.78, 5) is 37.9. The van der Waals surface area contributed by atoms with Crippen LogP contribution in [-0.2, 0) is 28.6 Å². The number of carbonyl (C=O) groups excluding carboxylic acids is 3. The Balaban J connectivity index is 4.36. The number of ether oxygens (including phenoxy) is 3. The molecule has 1 atom stereocenters. The second-order valence-corrected chi connectivity index (χ2v) is 17.1. The second kappa shape index (κ2) is 48.3. The van der Waals surface area contributed by atoms with Gasteiger partial charge in [0.15, 0.2) is 6.10 Å². The Labute approximate surface area is 365 Å². The van der Waals surface area contributed by atoms with Crippen LogP contribution >= 0.6 is 0 Å². The van der Waals surface area contributed by atoms with Gasteiger partial charge >= 0.3 is 17.9 Å². The predicted octanol–water partition coefficient (Wildman–Crippen LogP) is 16.5. The van der Waals surface area contributed by atoms with E-state index in [1.165, 1.54) is 148 Å². The highest BCUT2D eigenvalue weighted by atomic mass is 16.6. The minimum Gasteiger partial charge on any atom is -0.462 e. The fourth-order valence-corrected chi connectivity index (χ4v) is 7.23. The zero-order valence-electron chi connectivity index (χ0n) is 39.3. The SMILES string of the molecule is CCCCC/C=C\C/C=C\CCCCCCCC(=O)OC[C@H](COC(=O)CCCCCCCCC/C=C\CCCCCC)OC(=O)CCCCCCCCCCCCC. The van der Waals surface area contributed by atoms with Crippen molar-refractivity contribution in [2.45, 2.75) is 271 Å². The minimum atomic E-state index is -0.774. The maximum absolute atomic E-state index is 12.7. The smallest absolute Gasteiger partial charge is 0.306 e. The Kier molecular flexibility index (Phi) is 46.4. The van der Waals surface area contributed by atoms with Gasteiger partial charge in [-0.15, -0.1) is 0 Å². The van der Waals surface area contributed by atoms with Gasteiger partial charge in [0, 0.05) is 19.3 Å². The molecule has 0 N–H and O–H groups in total. The van der Waals surface area contributed by atoms with Crippen molar-refractivity contribution in [1.82, 2.24) is 0 Å². The molecule has 344 valence electrons. The number of allylic oxidation sites excluding steroid dienone is 6. The molecule has 0 aromatic carbocycles. The van der Waals surface area contributed by atoms with Crippen LogP contribution < -0.4 is 0 Å². The number of esters is 3. The zero-order chi connectivity index (χ0) is 43.0. The highest BCUT2D eigenvalue weighted by Crippen LogP contribution is 2.15. The number of hydrogen-bond acceptors (Lipinski definition) is 6. The maximum Gasteiger partial charge on any atom is 0.306 e. The zero-order valence-corrected chi connectivity index (χ0v) is 39.3. The quantitative estimate of drug-likeness (QED) is 0.0263. The van der Waals surface area contributed by atoms with E-state index in [0.29, 0.717) is 19.3 Å². The Morgan fingerprint density at radius 3 is 1.00 bits per heavy atom. The van der Waals surface area contributed by atoms with E-state index in [1.807, 2.05) is 0 Å². The highest BCUT2D eigenvalue weighted by molar-refractivity contribution is 5.71. The van der Waals surface area contributed by atoms with Crippen molar-refractivity contribution in [2.24, 2.45) is 0 Å². The average molecular weight is 829 g/mol. The summed E-state index contributed by atoms with van der Waals surface area (Å²) in [6, 6.07) is 0. The molecule has 0 radical (unpaired) electrons. The lowest BCUT2D eigenvalue weighted by Gasteiger charge is -2.18. The molecule has 0 heterocycles. The van der Waals surface area contributed by atoms with Gasteiger partial charge in [-0.2, -0.15) is 0 Å². The molecule has 0 fully saturated rings. The number of unbranched alkanes of at least 4 members (excludes halogenated alkanes) is 29. The Hall–Kier alpha value is -2.37. The molecule has 0 aromatic rings. The van der Waals surface area contributed by atoms with Gasteiger partial charge in [0.1, 0.15) is 13.2 Å². The Morgan fingerprint density at radius 1 is 0.339 bits per heavy atom. The monoisotopic (exact) mass is 829 g/mol. The maximum atomic E-state index is 12.7. The molecule has 0 aliphatic rings. The van der Waals surface area contributed by atoms with Crippen LogP contribution in [-0.4, -0.2) is 37.2 Å². The van der Waals surface area contributed by atoms with Crippen LogP contribution in [0.4, 0.5) is 0 Å². The van der Waals surface area contributed by atoms with Gasteiger partial charge in [-0.3, -0.25) is 14.4 Å². The van der Waals surface area contributed by atoms with E-state index in [-0.39, 0.29) is 31.1 Å². The van der Waals surface area contributed by atoms with Crippen LogP contribution in [0.1, 0.15) is 265 Å². The van der Waals surface area contributed by atoms with Crippen molar-refractivity contribution in [1.29, 1.82) is 0 Å². The molecule has 0 amide bonds. The van der Waals surface area contributed by atoms with Gasteiger partial charge < -0.3 is 14.2 Å². The Bertz CT molecular complexity index is 1000. The van der Waals surface area contributed by atoms with Gasteiger partial charge in [0.2, 0.25) is 0 Å². The first-order valence-corrected chi connectivity index (χ1v) is 25.5. The molecule has 6 heteroatoms. The summed E-state index contributed by atoms with van der Waals surface area (Å²) in [5.41, 5.74) is 0. The van der Waals surface area contributed by atoms with E-state index < -0.39 is 6.10 Å². The van der Waals surface area contributed by atoms with Crippen molar-refractivity contribution >= 4 is 17.9 Å². The summed E-state index contributed by atoms with van der Waals surface area (Å²) >= 11 is 0. The summed E-state index contributed by atoms with van der Waals surface area (Å²) in [5, 5.41) is 0. The topological polar surface area (TPSA) is 78.9 Å². The van der Waals surface area contributed by atoms with E-state index in [2.05, 4.69) is 57.2 Å². The van der Waals surface area contributed by atoms with Crippen LogP contribution in [0.2, 0.25) is 0 Å². The highest BCUT2D eigenvalue weighted by Gasteiger charge is 2.19. The normalized spacial score (nSPS) is 12.3. The lowest BCUT2D eigenvalue weighted by atomic mass is 10.1. The predicted molar refractivity (Wildman–Crippen MR) is 252 cm³/mol. The van der Waals surface area contributed by atoms with Crippen LogP contribution in [0.25, 0.3) is 0 Å². The van der Waals surface area contributed by atoms with Crippen molar-refractivity contribution in [3.63, 3.8) is 0 Å². The van der Waals surface area contributed by atoms with Crippen molar-refractivity contribution in [3.8, 4) is 0 Å². The first-order chi connectivity index (χ1) is 29.0. The first-order valence-electron chi connectivity index (χ1n) is 25.5. The third-order valence-electron chi connectivity index (χ3n) is 11.1. The fourth-order valence-electron chi connectivity index (χ4n) is 7.23. The third-order valence-corrected chi connectivity index (χ3v) is 11.1. The molecule has 0 aromatic heterocycles. The molecule has 0 aliphatic heterocycles. The van der Waals surface area contributed by atoms with Crippen LogP contribution in [0, 0.1) is 0 Å².